The van der Waals surface area contributed by atoms with E-state index >= 15 is 0 Å². The SMILES string of the molecule is CCC(C)(NC(=O)NCCC(=O)NCC(C)C)C(=O)O. The lowest BCUT2D eigenvalue weighted by Crippen LogP contribution is -2.55. The molecule has 0 aliphatic rings. The minimum atomic E-state index is -1.30. The van der Waals surface area contributed by atoms with Gasteiger partial charge in [-0.05, 0) is 19.3 Å². The van der Waals surface area contributed by atoms with E-state index in [9.17, 15) is 14.4 Å². The van der Waals surface area contributed by atoms with Crippen molar-refractivity contribution < 1.29 is 19.5 Å². The molecule has 7 heteroatoms. The summed E-state index contributed by atoms with van der Waals surface area (Å²) in [6, 6.07) is -0.589. The molecule has 1 unspecified atom stereocenters. The van der Waals surface area contributed by atoms with Gasteiger partial charge in [0.15, 0.2) is 0 Å². The van der Waals surface area contributed by atoms with Crippen LogP contribution in [-0.4, -0.2) is 41.6 Å². The van der Waals surface area contributed by atoms with E-state index in [0.717, 1.165) is 0 Å². The average Bonchev–Trinajstić information content (AvgIpc) is 2.35. The Balaban J connectivity index is 4.00. The Bertz CT molecular complexity index is 358. The molecule has 0 aromatic carbocycles. The van der Waals surface area contributed by atoms with Crippen LogP contribution in [0.15, 0.2) is 0 Å². The molecule has 0 radical (unpaired) electrons. The molecule has 0 fully saturated rings. The van der Waals surface area contributed by atoms with Crippen molar-refractivity contribution in [2.45, 2.75) is 46.1 Å². The van der Waals surface area contributed by atoms with Crippen LogP contribution in [-0.2, 0) is 9.59 Å². The van der Waals surface area contributed by atoms with E-state index < -0.39 is 17.5 Å². The van der Waals surface area contributed by atoms with E-state index in [1.165, 1.54) is 6.92 Å². The summed E-state index contributed by atoms with van der Waals surface area (Å²) in [4.78, 5) is 34.0. The van der Waals surface area contributed by atoms with Crippen LogP contribution in [0.1, 0.15) is 40.5 Å². The number of carboxylic acids is 1. The first-order valence-electron chi connectivity index (χ1n) is 6.77. The lowest BCUT2D eigenvalue weighted by molar-refractivity contribution is -0.143. The Morgan fingerprint density at radius 1 is 1.20 bits per heavy atom. The van der Waals surface area contributed by atoms with Gasteiger partial charge in [-0.2, -0.15) is 0 Å². The maximum Gasteiger partial charge on any atom is 0.329 e. The van der Waals surface area contributed by atoms with E-state index in [1.54, 1.807) is 6.92 Å². The molecular weight excluding hydrogens is 262 g/mol. The number of urea groups is 1. The second-order valence-electron chi connectivity index (χ2n) is 5.32. The van der Waals surface area contributed by atoms with Crippen LogP contribution in [0.3, 0.4) is 0 Å². The van der Waals surface area contributed by atoms with Crippen molar-refractivity contribution in [3.05, 3.63) is 0 Å². The maximum absolute atomic E-state index is 11.6. The summed E-state index contributed by atoms with van der Waals surface area (Å²) in [5, 5.41) is 16.6. The van der Waals surface area contributed by atoms with Gasteiger partial charge in [-0.3, -0.25) is 4.79 Å². The van der Waals surface area contributed by atoms with Crippen LogP contribution in [0.25, 0.3) is 0 Å². The zero-order valence-corrected chi connectivity index (χ0v) is 12.6. The molecule has 7 nitrogen and oxygen atoms in total. The van der Waals surface area contributed by atoms with Gasteiger partial charge < -0.3 is 21.1 Å². The quantitative estimate of drug-likeness (QED) is 0.527. The number of aliphatic carboxylic acids is 1. The van der Waals surface area contributed by atoms with Crippen LogP contribution in [0.5, 0.6) is 0 Å². The number of carbonyl (C=O) groups excluding carboxylic acids is 2. The van der Waals surface area contributed by atoms with E-state index in [0.29, 0.717) is 12.5 Å². The van der Waals surface area contributed by atoms with Crippen LogP contribution < -0.4 is 16.0 Å². The van der Waals surface area contributed by atoms with Gasteiger partial charge in [0, 0.05) is 19.5 Å². The molecular formula is C13H25N3O4. The monoisotopic (exact) mass is 287 g/mol. The zero-order chi connectivity index (χ0) is 15.8. The van der Waals surface area contributed by atoms with Crippen molar-refractivity contribution >= 4 is 17.9 Å². The highest BCUT2D eigenvalue weighted by Gasteiger charge is 2.32. The van der Waals surface area contributed by atoms with Crippen LogP contribution in [0.4, 0.5) is 4.79 Å². The van der Waals surface area contributed by atoms with Crippen molar-refractivity contribution in [2.75, 3.05) is 13.1 Å². The molecule has 0 saturated heterocycles. The molecule has 0 aromatic heterocycles. The van der Waals surface area contributed by atoms with Crippen LogP contribution in [0.2, 0.25) is 0 Å². The van der Waals surface area contributed by atoms with Crippen LogP contribution in [0, 0.1) is 5.92 Å². The van der Waals surface area contributed by atoms with Gasteiger partial charge >= 0.3 is 12.0 Å². The van der Waals surface area contributed by atoms with Crippen molar-refractivity contribution in [3.63, 3.8) is 0 Å². The van der Waals surface area contributed by atoms with Crippen molar-refractivity contribution in [1.29, 1.82) is 0 Å². The molecule has 116 valence electrons. The molecule has 0 aliphatic carbocycles. The van der Waals surface area contributed by atoms with Crippen LogP contribution >= 0.6 is 0 Å². The van der Waals surface area contributed by atoms with E-state index in [2.05, 4.69) is 16.0 Å². The summed E-state index contributed by atoms with van der Waals surface area (Å²) >= 11 is 0. The van der Waals surface area contributed by atoms with E-state index in [-0.39, 0.29) is 25.3 Å². The molecule has 0 rings (SSSR count). The summed E-state index contributed by atoms with van der Waals surface area (Å²) in [5.41, 5.74) is -1.30. The lowest BCUT2D eigenvalue weighted by Gasteiger charge is -2.24. The van der Waals surface area contributed by atoms with E-state index in [1.807, 2.05) is 13.8 Å². The largest absolute Gasteiger partial charge is 0.480 e. The summed E-state index contributed by atoms with van der Waals surface area (Å²) in [5.74, 6) is -0.864. The Kier molecular flexibility index (Phi) is 7.64. The van der Waals surface area contributed by atoms with Crippen molar-refractivity contribution in [3.8, 4) is 0 Å². The third-order valence-electron chi connectivity index (χ3n) is 2.91. The third kappa shape index (κ3) is 6.96. The molecule has 3 amide bonds. The highest BCUT2D eigenvalue weighted by Crippen LogP contribution is 2.08. The Labute approximate surface area is 119 Å². The minimum absolute atomic E-state index is 0.143. The molecule has 0 bridgehead atoms. The first-order chi connectivity index (χ1) is 9.21. The number of rotatable bonds is 8. The number of amides is 3. The Morgan fingerprint density at radius 2 is 1.80 bits per heavy atom. The minimum Gasteiger partial charge on any atom is -0.480 e. The fraction of sp³-hybridized carbons (Fsp3) is 0.769. The molecule has 0 spiro atoms. The molecule has 0 aliphatic heterocycles. The van der Waals surface area contributed by atoms with E-state index in [4.69, 9.17) is 5.11 Å². The van der Waals surface area contributed by atoms with Gasteiger partial charge in [0.05, 0.1) is 0 Å². The Hall–Kier alpha value is -1.79. The van der Waals surface area contributed by atoms with Gasteiger partial charge in [0.25, 0.3) is 0 Å². The smallest absolute Gasteiger partial charge is 0.329 e. The lowest BCUT2D eigenvalue weighted by atomic mass is 10.00. The highest BCUT2D eigenvalue weighted by molar-refractivity contribution is 5.86. The second-order valence-corrected chi connectivity index (χ2v) is 5.32. The van der Waals surface area contributed by atoms with Gasteiger partial charge in [0.1, 0.15) is 5.54 Å². The number of hydrogen-bond acceptors (Lipinski definition) is 3. The number of nitrogens with one attached hydrogen (secondary N) is 3. The molecule has 0 saturated carbocycles. The Morgan fingerprint density at radius 3 is 2.25 bits per heavy atom. The molecule has 20 heavy (non-hydrogen) atoms. The van der Waals surface area contributed by atoms with Crippen molar-refractivity contribution in [1.82, 2.24) is 16.0 Å². The topological polar surface area (TPSA) is 108 Å². The maximum atomic E-state index is 11.6. The fourth-order valence-electron chi connectivity index (χ4n) is 1.28. The van der Waals surface area contributed by atoms with Gasteiger partial charge in [-0.1, -0.05) is 20.8 Å². The summed E-state index contributed by atoms with van der Waals surface area (Å²) in [6.45, 7) is 7.85. The standard InChI is InChI=1S/C13H25N3O4/c1-5-13(4,11(18)19)16-12(20)14-7-6-10(17)15-8-9(2)3/h9H,5-8H2,1-4H3,(H,15,17)(H,18,19)(H2,14,16,20). The van der Waals surface area contributed by atoms with Gasteiger partial charge in [0.2, 0.25) is 5.91 Å². The van der Waals surface area contributed by atoms with Gasteiger partial charge in [-0.15, -0.1) is 0 Å². The number of hydrogen-bond donors (Lipinski definition) is 4. The summed E-state index contributed by atoms with van der Waals surface area (Å²) < 4.78 is 0. The average molecular weight is 287 g/mol. The summed E-state index contributed by atoms with van der Waals surface area (Å²) in [7, 11) is 0. The molecule has 1 atom stereocenters. The first kappa shape index (κ1) is 18.2. The highest BCUT2D eigenvalue weighted by atomic mass is 16.4. The number of carboxylic acid groups (broad SMARTS) is 1. The molecule has 0 aromatic rings. The summed E-state index contributed by atoms with van der Waals surface area (Å²) in [6.07, 6.45) is 0.431. The predicted molar refractivity (Wildman–Crippen MR) is 75.3 cm³/mol. The molecule has 4 N–H and O–H groups in total. The third-order valence-corrected chi connectivity index (χ3v) is 2.91. The molecule has 0 heterocycles. The van der Waals surface area contributed by atoms with Crippen molar-refractivity contribution in [2.24, 2.45) is 5.92 Å². The normalized spacial score (nSPS) is 13.4. The fourth-order valence-corrected chi connectivity index (χ4v) is 1.28. The zero-order valence-electron chi connectivity index (χ0n) is 12.6. The predicted octanol–water partition coefficient (Wildman–Crippen LogP) is 0.701. The second kappa shape index (κ2) is 8.39. The number of carbonyl (C=O) groups is 3. The first-order valence-corrected chi connectivity index (χ1v) is 6.77. The van der Waals surface area contributed by atoms with Gasteiger partial charge in [-0.25, -0.2) is 9.59 Å².